The van der Waals surface area contributed by atoms with Crippen molar-refractivity contribution in [2.24, 2.45) is 5.92 Å². The van der Waals surface area contributed by atoms with E-state index in [4.69, 9.17) is 18.9 Å². The predicted octanol–water partition coefficient (Wildman–Crippen LogP) is 1.83. The summed E-state index contributed by atoms with van der Waals surface area (Å²) in [6, 6.07) is 10.0. The lowest BCUT2D eigenvalue weighted by atomic mass is 10.1. The Balaban J connectivity index is 1.51. The van der Waals surface area contributed by atoms with Gasteiger partial charge in [-0.1, -0.05) is 30.3 Å². The zero-order valence-corrected chi connectivity index (χ0v) is 12.9. The Bertz CT molecular complexity index is 545. The Kier molecular flexibility index (Phi) is 3.33. The molecule has 1 aromatic carbocycles. The van der Waals surface area contributed by atoms with Crippen LogP contribution in [0, 0.1) is 5.92 Å². The average Bonchev–Trinajstić information content (AvgIpc) is 3.02. The zero-order valence-electron chi connectivity index (χ0n) is 12.9. The molecule has 2 aliphatic heterocycles. The van der Waals surface area contributed by atoms with E-state index >= 15 is 0 Å². The minimum atomic E-state index is -0.658. The molecule has 120 valence electrons. The second-order valence-electron chi connectivity index (χ2n) is 6.84. The second-order valence-corrected chi connectivity index (χ2v) is 6.84. The minimum Gasteiger partial charge on any atom is -0.396 e. The van der Waals surface area contributed by atoms with Crippen molar-refractivity contribution in [1.82, 2.24) is 0 Å². The van der Waals surface area contributed by atoms with Crippen LogP contribution in [0.3, 0.4) is 0 Å². The van der Waals surface area contributed by atoms with E-state index in [9.17, 15) is 5.11 Å². The molecule has 0 radical (unpaired) electrons. The molecule has 5 heteroatoms. The molecule has 1 aromatic rings. The fourth-order valence-corrected chi connectivity index (χ4v) is 3.65. The van der Waals surface area contributed by atoms with Gasteiger partial charge in [0.15, 0.2) is 12.1 Å². The summed E-state index contributed by atoms with van der Waals surface area (Å²) in [7, 11) is 0. The summed E-state index contributed by atoms with van der Waals surface area (Å²) in [5.74, 6) is -0.552. The number of aliphatic hydroxyl groups is 1. The van der Waals surface area contributed by atoms with E-state index in [0.29, 0.717) is 6.61 Å². The van der Waals surface area contributed by atoms with Gasteiger partial charge >= 0.3 is 0 Å². The zero-order chi connectivity index (χ0) is 15.4. The standard InChI is InChI=1S/C17H22O5/c1-16(2)20-13-14(19-10-11-6-4-3-5-7-11)17(8-12(17)9-18)22-15(13)21-16/h3-7,12-15,18H,8-10H2,1-2H3/t12-,13?,14?,15-,17-/m0/s1. The van der Waals surface area contributed by atoms with E-state index in [1.54, 1.807) is 0 Å². The molecule has 4 rings (SSSR count). The van der Waals surface area contributed by atoms with Crippen LogP contribution in [0.1, 0.15) is 25.8 Å². The molecule has 5 atom stereocenters. The van der Waals surface area contributed by atoms with Crippen molar-refractivity contribution >= 4 is 0 Å². The van der Waals surface area contributed by atoms with Crippen molar-refractivity contribution in [3.05, 3.63) is 35.9 Å². The minimum absolute atomic E-state index is 0.105. The van der Waals surface area contributed by atoms with E-state index < -0.39 is 17.7 Å². The van der Waals surface area contributed by atoms with Gasteiger partial charge < -0.3 is 24.1 Å². The number of rotatable bonds is 4. The van der Waals surface area contributed by atoms with E-state index in [2.05, 4.69) is 0 Å². The van der Waals surface area contributed by atoms with Crippen LogP contribution >= 0.6 is 0 Å². The molecule has 0 amide bonds. The van der Waals surface area contributed by atoms with Crippen molar-refractivity contribution in [3.63, 3.8) is 0 Å². The number of fused-ring (bicyclic) bond motifs is 1. The smallest absolute Gasteiger partial charge is 0.190 e. The van der Waals surface area contributed by atoms with E-state index in [0.717, 1.165) is 12.0 Å². The summed E-state index contributed by atoms with van der Waals surface area (Å²) < 4.78 is 24.1. The number of hydrogen-bond acceptors (Lipinski definition) is 5. The van der Waals surface area contributed by atoms with E-state index in [1.807, 2.05) is 44.2 Å². The third kappa shape index (κ3) is 2.28. The van der Waals surface area contributed by atoms with Crippen LogP contribution in [0.15, 0.2) is 30.3 Å². The number of aliphatic hydroxyl groups excluding tert-OH is 1. The summed E-state index contributed by atoms with van der Waals surface area (Å²) >= 11 is 0. The largest absolute Gasteiger partial charge is 0.396 e. The lowest BCUT2D eigenvalue weighted by molar-refractivity contribution is -0.227. The van der Waals surface area contributed by atoms with Gasteiger partial charge in [-0.05, 0) is 25.8 Å². The number of ether oxygens (including phenoxy) is 4. The van der Waals surface area contributed by atoms with Crippen molar-refractivity contribution in [3.8, 4) is 0 Å². The molecule has 0 aromatic heterocycles. The van der Waals surface area contributed by atoms with Crippen molar-refractivity contribution < 1.29 is 24.1 Å². The molecule has 3 fully saturated rings. The monoisotopic (exact) mass is 306 g/mol. The van der Waals surface area contributed by atoms with E-state index in [-0.39, 0.29) is 24.7 Å². The highest BCUT2D eigenvalue weighted by Gasteiger charge is 2.72. The first-order valence-electron chi connectivity index (χ1n) is 7.84. The van der Waals surface area contributed by atoms with Gasteiger partial charge in [-0.2, -0.15) is 0 Å². The van der Waals surface area contributed by atoms with Crippen LogP contribution in [-0.4, -0.2) is 41.6 Å². The molecule has 2 saturated heterocycles. The Morgan fingerprint density at radius 1 is 1.18 bits per heavy atom. The fourth-order valence-electron chi connectivity index (χ4n) is 3.65. The third-order valence-electron chi connectivity index (χ3n) is 4.79. The van der Waals surface area contributed by atoms with Crippen molar-refractivity contribution in [1.29, 1.82) is 0 Å². The molecule has 2 heterocycles. The van der Waals surface area contributed by atoms with Crippen molar-refractivity contribution in [2.45, 2.75) is 56.8 Å². The summed E-state index contributed by atoms with van der Waals surface area (Å²) in [5, 5.41) is 9.48. The summed E-state index contributed by atoms with van der Waals surface area (Å²) in [6.45, 7) is 4.37. The first kappa shape index (κ1) is 14.6. The topological polar surface area (TPSA) is 57.2 Å². The molecule has 3 aliphatic rings. The molecule has 0 bridgehead atoms. The number of hydrogen-bond donors (Lipinski definition) is 1. The van der Waals surface area contributed by atoms with Crippen LogP contribution in [0.25, 0.3) is 0 Å². The Morgan fingerprint density at radius 2 is 1.95 bits per heavy atom. The Morgan fingerprint density at radius 3 is 2.64 bits per heavy atom. The normalized spacial score (nSPS) is 41.8. The highest BCUT2D eigenvalue weighted by molar-refractivity contribution is 5.19. The first-order chi connectivity index (χ1) is 10.5. The van der Waals surface area contributed by atoms with Crippen LogP contribution in [-0.2, 0) is 25.6 Å². The SMILES string of the molecule is CC1(C)OC2C(OCc3ccccc3)[C@@]3(C[C@H]3CO)O[C@@H]2O1. The molecular weight excluding hydrogens is 284 g/mol. The van der Waals surface area contributed by atoms with Crippen LogP contribution in [0.5, 0.6) is 0 Å². The lowest BCUT2D eigenvalue weighted by Gasteiger charge is -2.26. The van der Waals surface area contributed by atoms with E-state index in [1.165, 1.54) is 0 Å². The summed E-state index contributed by atoms with van der Waals surface area (Å²) in [6.07, 6.45) is -0.0671. The number of benzene rings is 1. The van der Waals surface area contributed by atoms with Crippen LogP contribution < -0.4 is 0 Å². The molecule has 22 heavy (non-hydrogen) atoms. The van der Waals surface area contributed by atoms with Gasteiger partial charge in [0.05, 0.1) is 6.61 Å². The summed E-state index contributed by atoms with van der Waals surface area (Å²) in [4.78, 5) is 0. The average molecular weight is 306 g/mol. The van der Waals surface area contributed by atoms with Gasteiger partial charge in [0.2, 0.25) is 0 Å². The molecule has 1 N–H and O–H groups in total. The fraction of sp³-hybridized carbons (Fsp3) is 0.647. The molecule has 2 unspecified atom stereocenters. The van der Waals surface area contributed by atoms with Gasteiger partial charge in [0.25, 0.3) is 0 Å². The Hall–Kier alpha value is -0.980. The quantitative estimate of drug-likeness (QED) is 0.920. The van der Waals surface area contributed by atoms with Crippen LogP contribution in [0.2, 0.25) is 0 Å². The van der Waals surface area contributed by atoms with Crippen LogP contribution in [0.4, 0.5) is 0 Å². The molecule has 1 spiro atoms. The molecule has 5 nitrogen and oxygen atoms in total. The highest BCUT2D eigenvalue weighted by Crippen LogP contribution is 2.59. The highest BCUT2D eigenvalue weighted by atomic mass is 16.8. The molecular formula is C17H22O5. The maximum Gasteiger partial charge on any atom is 0.190 e. The van der Waals surface area contributed by atoms with Gasteiger partial charge in [-0.3, -0.25) is 0 Å². The third-order valence-corrected chi connectivity index (χ3v) is 4.79. The maximum absolute atomic E-state index is 9.48. The molecule has 1 aliphatic carbocycles. The van der Waals surface area contributed by atoms with Crippen molar-refractivity contribution in [2.75, 3.05) is 6.61 Å². The summed E-state index contributed by atoms with van der Waals surface area (Å²) in [5.41, 5.74) is 0.663. The lowest BCUT2D eigenvalue weighted by Crippen LogP contribution is -2.39. The Labute approximate surface area is 130 Å². The molecule has 1 saturated carbocycles. The van der Waals surface area contributed by atoms with Gasteiger partial charge in [0.1, 0.15) is 17.8 Å². The van der Waals surface area contributed by atoms with Gasteiger partial charge in [-0.15, -0.1) is 0 Å². The predicted molar refractivity (Wildman–Crippen MR) is 77.9 cm³/mol. The van der Waals surface area contributed by atoms with Gasteiger partial charge in [-0.25, -0.2) is 0 Å². The second kappa shape index (κ2) is 5.01. The first-order valence-corrected chi connectivity index (χ1v) is 7.84. The van der Waals surface area contributed by atoms with Gasteiger partial charge in [0, 0.05) is 12.5 Å². The maximum atomic E-state index is 9.48.